The summed E-state index contributed by atoms with van der Waals surface area (Å²) in [6.45, 7) is 5.32. The molecule has 1 aliphatic heterocycles. The van der Waals surface area contributed by atoms with Crippen LogP contribution < -0.4 is 10.6 Å². The van der Waals surface area contributed by atoms with Crippen molar-refractivity contribution < 1.29 is 5.11 Å². The molecule has 0 aliphatic carbocycles. The summed E-state index contributed by atoms with van der Waals surface area (Å²) in [5.74, 6) is 0.754. The molecule has 1 unspecified atom stereocenters. The molecule has 7 heteroatoms. The Morgan fingerprint density at radius 1 is 1.03 bits per heavy atom. The van der Waals surface area contributed by atoms with Crippen molar-refractivity contribution in [3.05, 3.63) is 78.1 Å². The third-order valence-corrected chi connectivity index (χ3v) is 7.04. The van der Waals surface area contributed by atoms with Crippen molar-refractivity contribution >= 4 is 27.4 Å². The highest BCUT2D eigenvalue weighted by atomic mass is 32.1. The molecule has 3 N–H and O–H groups in total. The number of fused-ring (bicyclic) bond motifs is 1. The Balaban J connectivity index is 1.37. The van der Waals surface area contributed by atoms with Gasteiger partial charge in [-0.05, 0) is 22.8 Å². The van der Waals surface area contributed by atoms with Crippen molar-refractivity contribution in [3.8, 4) is 10.4 Å². The molecule has 0 bridgehead atoms. The van der Waals surface area contributed by atoms with E-state index in [-0.39, 0.29) is 12.6 Å². The summed E-state index contributed by atoms with van der Waals surface area (Å²) in [7, 11) is 0. The van der Waals surface area contributed by atoms with Crippen LogP contribution in [0.2, 0.25) is 0 Å². The van der Waals surface area contributed by atoms with Gasteiger partial charge in [0.1, 0.15) is 12.1 Å². The third kappa shape index (κ3) is 4.66. The van der Waals surface area contributed by atoms with E-state index in [0.717, 1.165) is 59.2 Å². The van der Waals surface area contributed by atoms with Gasteiger partial charge in [-0.1, -0.05) is 54.6 Å². The molecule has 0 radical (unpaired) electrons. The van der Waals surface area contributed by atoms with Gasteiger partial charge in [0, 0.05) is 37.6 Å². The number of piperazine rings is 1. The Morgan fingerprint density at radius 3 is 2.56 bits per heavy atom. The molecule has 6 nitrogen and oxygen atoms in total. The van der Waals surface area contributed by atoms with E-state index in [1.807, 2.05) is 30.3 Å². The van der Waals surface area contributed by atoms with Crippen molar-refractivity contribution in [2.45, 2.75) is 12.6 Å². The number of nitrogens with zero attached hydrogens (tertiary/aromatic N) is 3. The van der Waals surface area contributed by atoms with Crippen LogP contribution in [0.5, 0.6) is 0 Å². The lowest BCUT2D eigenvalue weighted by Crippen LogP contribution is -2.42. The summed E-state index contributed by atoms with van der Waals surface area (Å²) in [4.78, 5) is 12.6. The first-order valence-electron chi connectivity index (χ1n) is 11.0. The van der Waals surface area contributed by atoms with Gasteiger partial charge in [-0.3, -0.25) is 4.90 Å². The van der Waals surface area contributed by atoms with Crippen LogP contribution in [-0.4, -0.2) is 52.8 Å². The fourth-order valence-electron chi connectivity index (χ4n) is 4.09. The summed E-state index contributed by atoms with van der Waals surface area (Å²) in [5.41, 5.74) is 4.47. The molecule has 5 rings (SSSR count). The molecule has 1 fully saturated rings. The van der Waals surface area contributed by atoms with Gasteiger partial charge in [-0.2, -0.15) is 0 Å². The number of aromatic nitrogens is 2. The summed E-state index contributed by atoms with van der Waals surface area (Å²) in [6, 6.07) is 20.7. The molecule has 164 valence electrons. The Morgan fingerprint density at radius 2 is 1.81 bits per heavy atom. The van der Waals surface area contributed by atoms with Crippen molar-refractivity contribution in [2.24, 2.45) is 0 Å². The summed E-state index contributed by atoms with van der Waals surface area (Å²) < 4.78 is 1.00. The number of hydrogen-bond acceptors (Lipinski definition) is 7. The Labute approximate surface area is 192 Å². The van der Waals surface area contributed by atoms with Gasteiger partial charge in [0.15, 0.2) is 0 Å². The number of aliphatic hydroxyl groups is 1. The molecule has 1 saturated heterocycles. The van der Waals surface area contributed by atoms with Gasteiger partial charge in [-0.15, -0.1) is 11.3 Å². The lowest BCUT2D eigenvalue weighted by atomic mass is 10.1. The van der Waals surface area contributed by atoms with Crippen molar-refractivity contribution in [1.29, 1.82) is 0 Å². The van der Waals surface area contributed by atoms with Crippen LogP contribution in [0.1, 0.15) is 17.2 Å². The van der Waals surface area contributed by atoms with Gasteiger partial charge in [0.05, 0.1) is 22.9 Å². The first-order valence-corrected chi connectivity index (χ1v) is 11.8. The molecule has 2 aromatic heterocycles. The van der Waals surface area contributed by atoms with Crippen LogP contribution >= 0.6 is 11.3 Å². The van der Waals surface area contributed by atoms with E-state index in [1.165, 1.54) is 11.1 Å². The minimum Gasteiger partial charge on any atom is -0.394 e. The largest absolute Gasteiger partial charge is 0.394 e. The number of benzene rings is 2. The van der Waals surface area contributed by atoms with E-state index in [0.29, 0.717) is 0 Å². The van der Waals surface area contributed by atoms with Gasteiger partial charge in [-0.25, -0.2) is 9.97 Å². The smallest absolute Gasteiger partial charge is 0.148 e. The fourth-order valence-corrected chi connectivity index (χ4v) is 5.16. The molecular formula is C25H27N5OS. The van der Waals surface area contributed by atoms with E-state index >= 15 is 0 Å². The maximum atomic E-state index is 9.93. The lowest BCUT2D eigenvalue weighted by molar-refractivity contribution is 0.233. The zero-order chi connectivity index (χ0) is 21.8. The molecule has 1 atom stereocenters. The van der Waals surface area contributed by atoms with Crippen molar-refractivity contribution in [3.63, 3.8) is 0 Å². The molecule has 3 heterocycles. The topological polar surface area (TPSA) is 73.3 Å². The summed E-state index contributed by atoms with van der Waals surface area (Å²) in [5, 5.41) is 16.7. The average molecular weight is 446 g/mol. The first kappa shape index (κ1) is 21.0. The highest BCUT2D eigenvalue weighted by molar-refractivity contribution is 7.22. The minimum atomic E-state index is -0.218. The molecule has 32 heavy (non-hydrogen) atoms. The molecule has 1 aliphatic rings. The number of anilines is 1. The minimum absolute atomic E-state index is 0.0116. The first-order chi connectivity index (χ1) is 15.8. The third-order valence-electron chi connectivity index (χ3n) is 5.86. The predicted molar refractivity (Wildman–Crippen MR) is 131 cm³/mol. The van der Waals surface area contributed by atoms with Gasteiger partial charge >= 0.3 is 0 Å². The summed E-state index contributed by atoms with van der Waals surface area (Å²) in [6.07, 6.45) is 1.58. The second-order valence-corrected chi connectivity index (χ2v) is 9.11. The predicted octanol–water partition coefficient (Wildman–Crippen LogP) is 3.91. The van der Waals surface area contributed by atoms with Crippen molar-refractivity contribution in [2.75, 3.05) is 38.1 Å². The standard InChI is InChI=1S/C25H27N5OS/c31-16-22(19-4-2-1-3-5-19)29-25-24-21(27-17-28-25)14-23(32-24)20-8-6-18(7-9-20)15-30-12-10-26-11-13-30/h1-9,14,17,22,26,31H,10-13,15-16H2,(H,27,28,29). The second-order valence-electron chi connectivity index (χ2n) is 8.06. The molecule has 0 saturated carbocycles. The van der Waals surface area contributed by atoms with Gasteiger partial charge in [0.25, 0.3) is 0 Å². The molecule has 4 aromatic rings. The van der Waals surface area contributed by atoms with Crippen LogP contribution in [-0.2, 0) is 6.54 Å². The van der Waals surface area contributed by atoms with Crippen LogP contribution in [0.4, 0.5) is 5.82 Å². The number of aliphatic hydroxyl groups excluding tert-OH is 1. The Kier molecular flexibility index (Phi) is 6.41. The molecule has 2 aromatic carbocycles. The van der Waals surface area contributed by atoms with E-state index in [2.05, 4.69) is 55.8 Å². The van der Waals surface area contributed by atoms with Gasteiger partial charge < -0.3 is 15.7 Å². The Hall–Kier alpha value is -2.84. The Bertz CT molecular complexity index is 1160. The van der Waals surface area contributed by atoms with E-state index < -0.39 is 0 Å². The second kappa shape index (κ2) is 9.75. The number of rotatable bonds is 7. The van der Waals surface area contributed by atoms with E-state index in [1.54, 1.807) is 17.7 Å². The number of hydrogen-bond donors (Lipinski definition) is 3. The maximum absolute atomic E-state index is 9.93. The maximum Gasteiger partial charge on any atom is 0.148 e. The number of nitrogens with one attached hydrogen (secondary N) is 2. The van der Waals surface area contributed by atoms with Crippen LogP contribution in [0, 0.1) is 0 Å². The molecule has 0 amide bonds. The van der Waals surface area contributed by atoms with E-state index in [4.69, 9.17) is 0 Å². The van der Waals surface area contributed by atoms with Crippen LogP contribution in [0.25, 0.3) is 20.7 Å². The lowest BCUT2D eigenvalue weighted by Gasteiger charge is -2.27. The highest BCUT2D eigenvalue weighted by Crippen LogP contribution is 2.36. The zero-order valence-corrected chi connectivity index (χ0v) is 18.7. The fraction of sp³-hybridized carbons (Fsp3) is 0.280. The highest BCUT2D eigenvalue weighted by Gasteiger charge is 2.16. The SMILES string of the molecule is OCC(Nc1ncnc2cc(-c3ccc(CN4CCNCC4)cc3)sc12)c1ccccc1. The number of thiophene rings is 1. The van der Waals surface area contributed by atoms with E-state index in [9.17, 15) is 5.11 Å². The molecular weight excluding hydrogens is 418 g/mol. The normalized spacial score (nSPS) is 15.7. The quantitative estimate of drug-likeness (QED) is 0.401. The summed E-state index contributed by atoms with van der Waals surface area (Å²) >= 11 is 1.68. The van der Waals surface area contributed by atoms with Gasteiger partial charge in [0.2, 0.25) is 0 Å². The van der Waals surface area contributed by atoms with Crippen molar-refractivity contribution in [1.82, 2.24) is 20.2 Å². The molecule has 0 spiro atoms. The monoisotopic (exact) mass is 445 g/mol. The average Bonchev–Trinajstić information content (AvgIpc) is 3.29. The van der Waals surface area contributed by atoms with Crippen LogP contribution in [0.15, 0.2) is 67.0 Å². The van der Waals surface area contributed by atoms with Crippen LogP contribution in [0.3, 0.4) is 0 Å². The zero-order valence-electron chi connectivity index (χ0n) is 17.9.